The molecule has 4 heteroatoms. The number of rotatable bonds is 7. The minimum absolute atomic E-state index is 0.227. The highest BCUT2D eigenvalue weighted by Gasteiger charge is 2.38. The van der Waals surface area contributed by atoms with Gasteiger partial charge >= 0.3 is 0 Å². The van der Waals surface area contributed by atoms with Crippen LogP contribution in [-0.4, -0.2) is 32.3 Å². The lowest BCUT2D eigenvalue weighted by atomic mass is 9.84. The SMILES string of the molecule is CCN(c1ccc(F)cc1)C(CN)(COC)C(C)C. The first-order valence-electron chi connectivity index (χ1n) is 6.74. The molecular weight excluding hydrogens is 243 g/mol. The van der Waals surface area contributed by atoms with Crippen LogP contribution in [0.15, 0.2) is 24.3 Å². The Kier molecular flexibility index (Phi) is 5.76. The van der Waals surface area contributed by atoms with Gasteiger partial charge in [-0.15, -0.1) is 0 Å². The van der Waals surface area contributed by atoms with Gasteiger partial charge in [0, 0.05) is 25.9 Å². The van der Waals surface area contributed by atoms with Crippen LogP contribution in [0.5, 0.6) is 0 Å². The second-order valence-electron chi connectivity index (χ2n) is 5.12. The number of halogens is 1. The molecule has 1 rings (SSSR count). The van der Waals surface area contributed by atoms with Crippen LogP contribution in [-0.2, 0) is 4.74 Å². The molecule has 0 aliphatic carbocycles. The van der Waals surface area contributed by atoms with Gasteiger partial charge in [-0.1, -0.05) is 13.8 Å². The van der Waals surface area contributed by atoms with E-state index in [1.165, 1.54) is 12.1 Å². The maximum Gasteiger partial charge on any atom is 0.123 e. The van der Waals surface area contributed by atoms with Crippen LogP contribution in [0, 0.1) is 11.7 Å². The fraction of sp³-hybridized carbons (Fsp3) is 0.600. The molecule has 0 bridgehead atoms. The quantitative estimate of drug-likeness (QED) is 0.826. The molecule has 0 aromatic heterocycles. The summed E-state index contributed by atoms with van der Waals surface area (Å²) in [4.78, 5) is 2.21. The lowest BCUT2D eigenvalue weighted by Crippen LogP contribution is -2.60. The van der Waals surface area contributed by atoms with Crippen LogP contribution >= 0.6 is 0 Å². The summed E-state index contributed by atoms with van der Waals surface area (Å²) in [6.07, 6.45) is 0. The molecule has 0 aliphatic rings. The number of hydrogen-bond acceptors (Lipinski definition) is 3. The summed E-state index contributed by atoms with van der Waals surface area (Å²) in [5.74, 6) is 0.0943. The molecule has 0 saturated carbocycles. The number of hydrogen-bond donors (Lipinski definition) is 1. The average molecular weight is 268 g/mol. The second-order valence-corrected chi connectivity index (χ2v) is 5.12. The van der Waals surface area contributed by atoms with E-state index in [1.54, 1.807) is 19.2 Å². The van der Waals surface area contributed by atoms with Gasteiger partial charge < -0.3 is 15.4 Å². The molecule has 3 nitrogen and oxygen atoms in total. The van der Waals surface area contributed by atoms with Crippen molar-refractivity contribution in [3.05, 3.63) is 30.1 Å². The number of benzene rings is 1. The number of nitrogens with zero attached hydrogens (tertiary/aromatic N) is 1. The average Bonchev–Trinajstić information content (AvgIpc) is 2.40. The van der Waals surface area contributed by atoms with Crippen molar-refractivity contribution in [1.82, 2.24) is 0 Å². The summed E-state index contributed by atoms with van der Waals surface area (Å²) in [7, 11) is 1.69. The minimum Gasteiger partial charge on any atom is -0.382 e. The van der Waals surface area contributed by atoms with Crippen molar-refractivity contribution in [2.75, 3.05) is 31.7 Å². The van der Waals surface area contributed by atoms with E-state index >= 15 is 0 Å². The summed E-state index contributed by atoms with van der Waals surface area (Å²) in [5, 5.41) is 0. The van der Waals surface area contributed by atoms with Gasteiger partial charge in [-0.3, -0.25) is 0 Å². The highest BCUT2D eigenvalue weighted by atomic mass is 19.1. The van der Waals surface area contributed by atoms with Crippen molar-refractivity contribution >= 4 is 5.69 Å². The van der Waals surface area contributed by atoms with Crippen molar-refractivity contribution in [2.45, 2.75) is 26.3 Å². The van der Waals surface area contributed by atoms with Gasteiger partial charge in [-0.25, -0.2) is 4.39 Å². The summed E-state index contributed by atoms with van der Waals surface area (Å²) in [6.45, 7) is 8.18. The summed E-state index contributed by atoms with van der Waals surface area (Å²) < 4.78 is 18.5. The van der Waals surface area contributed by atoms with Crippen molar-refractivity contribution in [3.63, 3.8) is 0 Å². The first kappa shape index (κ1) is 15.9. The van der Waals surface area contributed by atoms with E-state index in [1.807, 2.05) is 0 Å². The van der Waals surface area contributed by atoms with Crippen LogP contribution in [0.3, 0.4) is 0 Å². The third-order valence-electron chi connectivity index (χ3n) is 3.81. The van der Waals surface area contributed by atoms with E-state index in [-0.39, 0.29) is 11.4 Å². The molecular formula is C15H25FN2O. The monoisotopic (exact) mass is 268 g/mol. The van der Waals surface area contributed by atoms with Crippen LogP contribution in [0.2, 0.25) is 0 Å². The van der Waals surface area contributed by atoms with Crippen molar-refractivity contribution < 1.29 is 9.13 Å². The number of methoxy groups -OCH3 is 1. The third-order valence-corrected chi connectivity index (χ3v) is 3.81. The number of anilines is 1. The second kappa shape index (κ2) is 6.87. The number of likely N-dealkylation sites (N-methyl/N-ethyl adjacent to an activating group) is 1. The Balaban J connectivity index is 3.19. The predicted molar refractivity (Wildman–Crippen MR) is 77.9 cm³/mol. The van der Waals surface area contributed by atoms with Gasteiger partial charge in [0.25, 0.3) is 0 Å². The lowest BCUT2D eigenvalue weighted by molar-refractivity contribution is 0.103. The molecule has 1 unspecified atom stereocenters. The Bertz CT molecular complexity index is 380. The van der Waals surface area contributed by atoms with Crippen molar-refractivity contribution in [2.24, 2.45) is 11.7 Å². The van der Waals surface area contributed by atoms with Gasteiger partial charge in [0.1, 0.15) is 5.82 Å². The predicted octanol–water partition coefficient (Wildman–Crippen LogP) is 2.65. The first-order valence-corrected chi connectivity index (χ1v) is 6.74. The van der Waals surface area contributed by atoms with Crippen LogP contribution in [0.25, 0.3) is 0 Å². The molecule has 19 heavy (non-hydrogen) atoms. The fourth-order valence-corrected chi connectivity index (χ4v) is 2.59. The molecule has 0 saturated heterocycles. The fourth-order valence-electron chi connectivity index (χ4n) is 2.59. The van der Waals surface area contributed by atoms with Gasteiger partial charge in [-0.05, 0) is 37.1 Å². The van der Waals surface area contributed by atoms with E-state index in [0.29, 0.717) is 19.1 Å². The zero-order chi connectivity index (χ0) is 14.5. The molecule has 1 atom stereocenters. The normalized spacial score (nSPS) is 14.5. The van der Waals surface area contributed by atoms with Gasteiger partial charge in [0.2, 0.25) is 0 Å². The largest absolute Gasteiger partial charge is 0.382 e. The summed E-state index contributed by atoms with van der Waals surface area (Å²) in [6, 6.07) is 6.54. The van der Waals surface area contributed by atoms with Gasteiger partial charge in [0.05, 0.1) is 12.1 Å². The maximum absolute atomic E-state index is 13.1. The molecule has 0 fully saturated rings. The zero-order valence-electron chi connectivity index (χ0n) is 12.3. The Labute approximate surface area is 115 Å². The maximum atomic E-state index is 13.1. The number of ether oxygens (including phenoxy) is 1. The van der Waals surface area contributed by atoms with E-state index in [0.717, 1.165) is 12.2 Å². The molecule has 0 amide bonds. The van der Waals surface area contributed by atoms with Crippen LogP contribution in [0.1, 0.15) is 20.8 Å². The van der Waals surface area contributed by atoms with E-state index in [4.69, 9.17) is 10.5 Å². The molecule has 1 aromatic rings. The zero-order valence-corrected chi connectivity index (χ0v) is 12.3. The summed E-state index contributed by atoms with van der Waals surface area (Å²) in [5.41, 5.74) is 6.74. The van der Waals surface area contributed by atoms with Crippen molar-refractivity contribution in [1.29, 1.82) is 0 Å². The van der Waals surface area contributed by atoms with Crippen LogP contribution < -0.4 is 10.6 Å². The highest BCUT2D eigenvalue weighted by molar-refractivity contribution is 5.49. The third kappa shape index (κ3) is 3.25. The Morgan fingerprint density at radius 3 is 2.26 bits per heavy atom. The lowest BCUT2D eigenvalue weighted by Gasteiger charge is -2.47. The smallest absolute Gasteiger partial charge is 0.123 e. The van der Waals surface area contributed by atoms with E-state index in [9.17, 15) is 4.39 Å². The Morgan fingerprint density at radius 1 is 1.32 bits per heavy atom. The summed E-state index contributed by atoms with van der Waals surface area (Å²) >= 11 is 0. The van der Waals surface area contributed by atoms with E-state index < -0.39 is 0 Å². The van der Waals surface area contributed by atoms with E-state index in [2.05, 4.69) is 25.7 Å². The highest BCUT2D eigenvalue weighted by Crippen LogP contribution is 2.30. The molecule has 1 aromatic carbocycles. The molecule has 0 radical (unpaired) electrons. The van der Waals surface area contributed by atoms with Gasteiger partial charge in [0.15, 0.2) is 0 Å². The molecule has 0 heterocycles. The molecule has 0 aliphatic heterocycles. The van der Waals surface area contributed by atoms with Gasteiger partial charge in [-0.2, -0.15) is 0 Å². The Morgan fingerprint density at radius 2 is 1.89 bits per heavy atom. The topological polar surface area (TPSA) is 38.5 Å². The minimum atomic E-state index is -0.276. The first-order chi connectivity index (χ1) is 9.01. The molecule has 2 N–H and O–H groups in total. The van der Waals surface area contributed by atoms with Crippen LogP contribution in [0.4, 0.5) is 10.1 Å². The standard InChI is InChI=1S/C15H25FN2O/c1-5-18(14-8-6-13(16)7-9-14)15(10-17,11-19-4)12(2)3/h6-9,12H,5,10-11,17H2,1-4H3. The number of nitrogens with two attached hydrogens (primary N) is 1. The van der Waals surface area contributed by atoms with Crippen molar-refractivity contribution in [3.8, 4) is 0 Å². The molecule has 0 spiro atoms. The molecule has 108 valence electrons. The Hall–Kier alpha value is -1.13.